The number of pyridine rings is 1. The van der Waals surface area contributed by atoms with Crippen molar-refractivity contribution in [2.75, 3.05) is 26.8 Å². The number of carbonyl (C=O) groups is 2. The molecule has 3 rings (SSSR count). The highest BCUT2D eigenvalue weighted by molar-refractivity contribution is 5.80. The first kappa shape index (κ1) is 18.6. The third-order valence-electron chi connectivity index (χ3n) is 4.62. The Morgan fingerprint density at radius 1 is 1.30 bits per heavy atom. The van der Waals surface area contributed by atoms with Crippen LogP contribution in [0.1, 0.15) is 29.3 Å². The van der Waals surface area contributed by atoms with Crippen molar-refractivity contribution in [3.05, 3.63) is 59.3 Å². The standard InChI is InChI=1S/C21H22N2O4/c1-15(25)23-9-8-19(16-6-4-3-5-7-16)18(12-23)14-27-20-11-22-21(26-2)10-17(20)13-24/h3-7,10-11,13H,8-9,12,14H2,1-2H3. The van der Waals surface area contributed by atoms with E-state index in [9.17, 15) is 9.59 Å². The van der Waals surface area contributed by atoms with Gasteiger partial charge in [0.2, 0.25) is 11.8 Å². The molecule has 1 amide bonds. The molecule has 1 aliphatic heterocycles. The fraction of sp³-hybridized carbons (Fsp3) is 0.286. The number of amides is 1. The van der Waals surface area contributed by atoms with Crippen LogP contribution in [0.4, 0.5) is 0 Å². The van der Waals surface area contributed by atoms with Crippen molar-refractivity contribution in [3.8, 4) is 11.6 Å². The predicted octanol–water partition coefficient (Wildman–Crippen LogP) is 2.99. The average Bonchev–Trinajstić information content (AvgIpc) is 2.72. The summed E-state index contributed by atoms with van der Waals surface area (Å²) < 4.78 is 10.9. The van der Waals surface area contributed by atoms with Gasteiger partial charge in [0.1, 0.15) is 12.4 Å². The number of hydrogen-bond acceptors (Lipinski definition) is 5. The normalized spacial score (nSPS) is 14.1. The van der Waals surface area contributed by atoms with Gasteiger partial charge in [0.15, 0.2) is 6.29 Å². The number of benzene rings is 1. The lowest BCUT2D eigenvalue weighted by Gasteiger charge is -2.30. The molecule has 1 aliphatic rings. The summed E-state index contributed by atoms with van der Waals surface area (Å²) >= 11 is 0. The lowest BCUT2D eigenvalue weighted by molar-refractivity contribution is -0.128. The van der Waals surface area contributed by atoms with Gasteiger partial charge < -0.3 is 14.4 Å². The van der Waals surface area contributed by atoms with Crippen molar-refractivity contribution in [2.24, 2.45) is 0 Å². The number of aromatic nitrogens is 1. The maximum Gasteiger partial charge on any atom is 0.219 e. The smallest absolute Gasteiger partial charge is 0.219 e. The molecule has 0 unspecified atom stereocenters. The average molecular weight is 366 g/mol. The van der Waals surface area contributed by atoms with E-state index in [1.165, 1.54) is 24.9 Å². The van der Waals surface area contributed by atoms with Gasteiger partial charge in [-0.1, -0.05) is 30.3 Å². The van der Waals surface area contributed by atoms with Crippen LogP contribution in [0.15, 0.2) is 48.2 Å². The summed E-state index contributed by atoms with van der Waals surface area (Å²) in [5.74, 6) is 0.791. The summed E-state index contributed by atoms with van der Waals surface area (Å²) in [5.41, 5.74) is 3.71. The Balaban J connectivity index is 1.87. The molecule has 0 aliphatic carbocycles. The summed E-state index contributed by atoms with van der Waals surface area (Å²) in [6, 6.07) is 11.6. The van der Waals surface area contributed by atoms with Crippen LogP contribution in [-0.2, 0) is 4.79 Å². The zero-order chi connectivity index (χ0) is 19.2. The monoisotopic (exact) mass is 366 g/mol. The molecule has 1 aromatic heterocycles. The first-order valence-electron chi connectivity index (χ1n) is 8.76. The summed E-state index contributed by atoms with van der Waals surface area (Å²) in [4.78, 5) is 29.1. The maximum absolute atomic E-state index is 11.8. The Morgan fingerprint density at radius 3 is 2.74 bits per heavy atom. The number of ether oxygens (including phenoxy) is 2. The van der Waals surface area contributed by atoms with Gasteiger partial charge in [-0.05, 0) is 23.1 Å². The van der Waals surface area contributed by atoms with E-state index in [0.29, 0.717) is 30.3 Å². The molecule has 140 valence electrons. The highest BCUT2D eigenvalue weighted by Gasteiger charge is 2.22. The molecule has 6 nitrogen and oxygen atoms in total. The maximum atomic E-state index is 11.8. The third-order valence-corrected chi connectivity index (χ3v) is 4.62. The quantitative estimate of drug-likeness (QED) is 0.735. The van der Waals surface area contributed by atoms with E-state index in [1.807, 2.05) is 18.2 Å². The minimum Gasteiger partial charge on any atom is -0.487 e. The van der Waals surface area contributed by atoms with E-state index in [4.69, 9.17) is 9.47 Å². The van der Waals surface area contributed by atoms with Gasteiger partial charge in [0.25, 0.3) is 0 Å². The predicted molar refractivity (Wildman–Crippen MR) is 102 cm³/mol. The molecule has 0 N–H and O–H groups in total. The van der Waals surface area contributed by atoms with Gasteiger partial charge in [-0.3, -0.25) is 9.59 Å². The van der Waals surface area contributed by atoms with Gasteiger partial charge in [-0.2, -0.15) is 0 Å². The third kappa shape index (κ3) is 4.34. The number of aldehydes is 1. The van der Waals surface area contributed by atoms with Gasteiger partial charge >= 0.3 is 0 Å². The van der Waals surface area contributed by atoms with Crippen molar-refractivity contribution in [1.29, 1.82) is 0 Å². The van der Waals surface area contributed by atoms with Gasteiger partial charge in [0.05, 0.1) is 18.9 Å². The van der Waals surface area contributed by atoms with Crippen LogP contribution < -0.4 is 9.47 Å². The molecule has 6 heteroatoms. The zero-order valence-corrected chi connectivity index (χ0v) is 15.5. The largest absolute Gasteiger partial charge is 0.487 e. The molecule has 0 radical (unpaired) electrons. The minimum absolute atomic E-state index is 0.0410. The highest BCUT2D eigenvalue weighted by Crippen LogP contribution is 2.29. The van der Waals surface area contributed by atoms with Crippen molar-refractivity contribution >= 4 is 17.8 Å². The summed E-state index contributed by atoms with van der Waals surface area (Å²) in [6.45, 7) is 3.05. The Morgan fingerprint density at radius 2 is 2.07 bits per heavy atom. The summed E-state index contributed by atoms with van der Waals surface area (Å²) in [7, 11) is 1.49. The van der Waals surface area contributed by atoms with Gasteiger partial charge in [0, 0.05) is 26.1 Å². The topological polar surface area (TPSA) is 68.7 Å². The SMILES string of the molecule is COc1cc(C=O)c(OCC2=C(c3ccccc3)CCN(C(C)=O)C2)cn1. The molecule has 0 fully saturated rings. The van der Waals surface area contributed by atoms with E-state index < -0.39 is 0 Å². The molecular weight excluding hydrogens is 344 g/mol. The number of methoxy groups -OCH3 is 1. The molecule has 0 atom stereocenters. The lowest BCUT2D eigenvalue weighted by Crippen LogP contribution is -2.36. The Labute approximate surface area is 158 Å². The number of carbonyl (C=O) groups excluding carboxylic acids is 2. The molecule has 0 bridgehead atoms. The molecule has 2 heterocycles. The van der Waals surface area contributed by atoms with E-state index in [1.54, 1.807) is 11.8 Å². The van der Waals surface area contributed by atoms with Crippen molar-refractivity contribution < 1.29 is 19.1 Å². The molecule has 2 aromatic rings. The second kappa shape index (κ2) is 8.49. The van der Waals surface area contributed by atoms with Crippen LogP contribution in [0.5, 0.6) is 11.6 Å². The van der Waals surface area contributed by atoms with E-state index in [0.717, 1.165) is 23.8 Å². The lowest BCUT2D eigenvalue weighted by atomic mass is 9.93. The summed E-state index contributed by atoms with van der Waals surface area (Å²) in [6.07, 6.45) is 2.97. The Bertz CT molecular complexity index is 862. The van der Waals surface area contributed by atoms with Crippen LogP contribution in [0.25, 0.3) is 5.57 Å². The van der Waals surface area contributed by atoms with Gasteiger partial charge in [-0.25, -0.2) is 4.98 Å². The van der Waals surface area contributed by atoms with Crippen LogP contribution in [0.3, 0.4) is 0 Å². The Kier molecular flexibility index (Phi) is 5.86. The first-order chi connectivity index (χ1) is 13.1. The minimum atomic E-state index is 0.0410. The number of hydrogen-bond donors (Lipinski definition) is 0. The number of rotatable bonds is 6. The molecule has 0 saturated carbocycles. The van der Waals surface area contributed by atoms with Crippen LogP contribution in [0, 0.1) is 0 Å². The highest BCUT2D eigenvalue weighted by atomic mass is 16.5. The Hall–Kier alpha value is -3.15. The number of nitrogens with zero attached hydrogens (tertiary/aromatic N) is 2. The van der Waals surface area contributed by atoms with Crippen LogP contribution in [0.2, 0.25) is 0 Å². The van der Waals surface area contributed by atoms with Crippen LogP contribution >= 0.6 is 0 Å². The van der Waals surface area contributed by atoms with Crippen molar-refractivity contribution in [2.45, 2.75) is 13.3 Å². The summed E-state index contributed by atoms with van der Waals surface area (Å²) in [5, 5.41) is 0. The van der Waals surface area contributed by atoms with E-state index >= 15 is 0 Å². The van der Waals surface area contributed by atoms with Crippen LogP contribution in [-0.4, -0.2) is 48.9 Å². The fourth-order valence-corrected chi connectivity index (χ4v) is 3.15. The van der Waals surface area contributed by atoms with Crippen molar-refractivity contribution in [1.82, 2.24) is 9.88 Å². The first-order valence-corrected chi connectivity index (χ1v) is 8.76. The second-order valence-electron chi connectivity index (χ2n) is 6.31. The zero-order valence-electron chi connectivity index (χ0n) is 15.5. The molecule has 0 saturated heterocycles. The van der Waals surface area contributed by atoms with E-state index in [2.05, 4.69) is 17.1 Å². The molecular formula is C21H22N2O4. The molecule has 1 aromatic carbocycles. The molecule has 0 spiro atoms. The second-order valence-corrected chi connectivity index (χ2v) is 6.31. The fourth-order valence-electron chi connectivity index (χ4n) is 3.15. The molecule has 27 heavy (non-hydrogen) atoms. The van der Waals surface area contributed by atoms with Crippen molar-refractivity contribution in [3.63, 3.8) is 0 Å². The van der Waals surface area contributed by atoms with E-state index in [-0.39, 0.29) is 12.5 Å². The van der Waals surface area contributed by atoms with Gasteiger partial charge in [-0.15, -0.1) is 0 Å².